The molecule has 1 aromatic heterocycles. The SMILES string of the molecule is N#Cc1cccc2sc(CBr)c(N)c12. The normalized spacial score (nSPS) is 10.3. The lowest BCUT2D eigenvalue weighted by molar-refractivity contribution is 1.50. The van der Waals surface area contributed by atoms with Gasteiger partial charge in [0.05, 0.1) is 17.3 Å². The Balaban J connectivity index is 2.87. The van der Waals surface area contributed by atoms with E-state index in [1.54, 1.807) is 17.4 Å². The molecule has 4 heteroatoms. The number of anilines is 1. The van der Waals surface area contributed by atoms with Gasteiger partial charge in [-0.25, -0.2) is 0 Å². The summed E-state index contributed by atoms with van der Waals surface area (Å²) in [6.07, 6.45) is 0. The highest BCUT2D eigenvalue weighted by Gasteiger charge is 2.11. The second-order valence-electron chi connectivity index (χ2n) is 2.86. The van der Waals surface area contributed by atoms with Crippen LogP contribution < -0.4 is 5.73 Å². The molecule has 1 aromatic carbocycles. The standard InChI is InChI=1S/C10H7BrN2S/c11-4-8-10(13)9-6(5-12)2-1-3-7(9)14-8/h1-3H,4,13H2. The Kier molecular flexibility index (Phi) is 2.44. The summed E-state index contributed by atoms with van der Waals surface area (Å²) in [6, 6.07) is 7.83. The molecular formula is C10H7BrN2S. The summed E-state index contributed by atoms with van der Waals surface area (Å²) in [5.74, 6) is 0. The molecule has 0 atom stereocenters. The Labute approximate surface area is 94.1 Å². The smallest absolute Gasteiger partial charge is 0.0999 e. The van der Waals surface area contributed by atoms with Crippen molar-refractivity contribution < 1.29 is 0 Å². The van der Waals surface area contributed by atoms with Crippen molar-refractivity contribution in [2.24, 2.45) is 0 Å². The van der Waals surface area contributed by atoms with Crippen LogP contribution in [0, 0.1) is 11.3 Å². The largest absolute Gasteiger partial charge is 0.397 e. The Morgan fingerprint density at radius 1 is 1.50 bits per heavy atom. The summed E-state index contributed by atoms with van der Waals surface area (Å²) >= 11 is 5.01. The molecule has 0 aliphatic rings. The first-order valence-corrected chi connectivity index (χ1v) is 5.97. The zero-order valence-electron chi connectivity index (χ0n) is 7.25. The van der Waals surface area contributed by atoms with Crippen molar-refractivity contribution in [3.63, 3.8) is 0 Å². The topological polar surface area (TPSA) is 49.8 Å². The van der Waals surface area contributed by atoms with Crippen LogP contribution >= 0.6 is 27.3 Å². The van der Waals surface area contributed by atoms with Crippen LogP contribution in [0.25, 0.3) is 10.1 Å². The van der Waals surface area contributed by atoms with E-state index in [-0.39, 0.29) is 0 Å². The van der Waals surface area contributed by atoms with Crippen LogP contribution in [-0.2, 0) is 5.33 Å². The van der Waals surface area contributed by atoms with E-state index in [0.29, 0.717) is 5.56 Å². The molecule has 0 radical (unpaired) electrons. The van der Waals surface area contributed by atoms with Gasteiger partial charge in [0.2, 0.25) is 0 Å². The van der Waals surface area contributed by atoms with Crippen LogP contribution in [-0.4, -0.2) is 0 Å². The average Bonchev–Trinajstić information content (AvgIpc) is 2.55. The van der Waals surface area contributed by atoms with Gasteiger partial charge < -0.3 is 5.73 Å². The molecule has 0 amide bonds. The molecule has 0 unspecified atom stereocenters. The molecule has 2 nitrogen and oxygen atoms in total. The number of thiophene rings is 1. The van der Waals surface area contributed by atoms with Crippen molar-refractivity contribution in [3.8, 4) is 6.07 Å². The number of nitrogens with two attached hydrogens (primary N) is 1. The molecular weight excluding hydrogens is 260 g/mol. The van der Waals surface area contributed by atoms with E-state index < -0.39 is 0 Å². The van der Waals surface area contributed by atoms with Gasteiger partial charge in [-0.3, -0.25) is 0 Å². The van der Waals surface area contributed by atoms with Gasteiger partial charge in [-0.2, -0.15) is 5.26 Å². The summed E-state index contributed by atoms with van der Waals surface area (Å²) in [5, 5.41) is 10.6. The average molecular weight is 267 g/mol. The minimum atomic E-state index is 0.656. The van der Waals surface area contributed by atoms with Crippen molar-refractivity contribution in [1.29, 1.82) is 5.26 Å². The maximum Gasteiger partial charge on any atom is 0.0999 e. The molecule has 2 aromatic rings. The molecule has 70 valence electrons. The highest BCUT2D eigenvalue weighted by atomic mass is 79.9. The number of rotatable bonds is 1. The number of benzene rings is 1. The quantitative estimate of drug-likeness (QED) is 0.806. The Morgan fingerprint density at radius 2 is 2.29 bits per heavy atom. The molecule has 0 spiro atoms. The third-order valence-electron chi connectivity index (χ3n) is 2.07. The summed E-state index contributed by atoms with van der Waals surface area (Å²) in [6.45, 7) is 0. The molecule has 1 heterocycles. The molecule has 0 fully saturated rings. The second kappa shape index (κ2) is 3.60. The highest BCUT2D eigenvalue weighted by Crippen LogP contribution is 2.36. The maximum absolute atomic E-state index is 8.93. The molecule has 2 rings (SSSR count). The highest BCUT2D eigenvalue weighted by molar-refractivity contribution is 9.08. The lowest BCUT2D eigenvalue weighted by atomic mass is 10.1. The predicted octanol–water partition coefficient (Wildman–Crippen LogP) is 3.25. The first kappa shape index (κ1) is 9.50. The van der Waals surface area contributed by atoms with E-state index >= 15 is 0 Å². The minimum absolute atomic E-state index is 0.656. The number of alkyl halides is 1. The molecule has 2 N–H and O–H groups in total. The van der Waals surface area contributed by atoms with Gasteiger partial charge in [0.1, 0.15) is 0 Å². The first-order valence-electron chi connectivity index (χ1n) is 4.04. The molecule has 0 aliphatic carbocycles. The van der Waals surface area contributed by atoms with E-state index in [4.69, 9.17) is 11.0 Å². The molecule has 0 saturated heterocycles. The lowest BCUT2D eigenvalue weighted by Crippen LogP contribution is -1.87. The van der Waals surface area contributed by atoms with Crippen LogP contribution in [0.3, 0.4) is 0 Å². The van der Waals surface area contributed by atoms with E-state index in [0.717, 1.165) is 26.0 Å². The molecule has 0 bridgehead atoms. The van der Waals surface area contributed by atoms with Gasteiger partial charge >= 0.3 is 0 Å². The van der Waals surface area contributed by atoms with E-state index in [9.17, 15) is 0 Å². The molecule has 14 heavy (non-hydrogen) atoms. The third-order valence-corrected chi connectivity index (χ3v) is 4.17. The van der Waals surface area contributed by atoms with Crippen LogP contribution in [0.15, 0.2) is 18.2 Å². The first-order chi connectivity index (χ1) is 6.77. The van der Waals surface area contributed by atoms with Gasteiger partial charge in [-0.15, -0.1) is 11.3 Å². The fraction of sp³-hybridized carbons (Fsp3) is 0.100. The van der Waals surface area contributed by atoms with Gasteiger partial charge in [-0.1, -0.05) is 22.0 Å². The summed E-state index contributed by atoms with van der Waals surface area (Å²) in [4.78, 5) is 1.09. The van der Waals surface area contributed by atoms with Crippen LogP contribution in [0.4, 0.5) is 5.69 Å². The van der Waals surface area contributed by atoms with Gasteiger partial charge in [0, 0.05) is 20.3 Å². The predicted molar refractivity (Wildman–Crippen MR) is 63.6 cm³/mol. The number of hydrogen-bond donors (Lipinski definition) is 1. The monoisotopic (exact) mass is 266 g/mol. The fourth-order valence-corrected chi connectivity index (χ4v) is 3.06. The number of nitrogens with zero attached hydrogens (tertiary/aromatic N) is 1. The third kappa shape index (κ3) is 1.29. The van der Waals surface area contributed by atoms with E-state index in [2.05, 4.69) is 22.0 Å². The number of nitriles is 1. The maximum atomic E-state index is 8.93. The van der Waals surface area contributed by atoms with Crippen molar-refractivity contribution in [3.05, 3.63) is 28.6 Å². The van der Waals surface area contributed by atoms with Gasteiger partial charge in [-0.05, 0) is 12.1 Å². The Hall–Kier alpha value is -1.05. The number of nitrogen functional groups attached to an aromatic ring is 1. The van der Waals surface area contributed by atoms with E-state index in [1.165, 1.54) is 0 Å². The minimum Gasteiger partial charge on any atom is -0.397 e. The zero-order chi connectivity index (χ0) is 10.1. The number of hydrogen-bond acceptors (Lipinski definition) is 3. The van der Waals surface area contributed by atoms with E-state index in [1.807, 2.05) is 12.1 Å². The number of fused-ring (bicyclic) bond motifs is 1. The summed E-state index contributed by atoms with van der Waals surface area (Å²) in [5.41, 5.74) is 7.35. The van der Waals surface area contributed by atoms with Crippen molar-refractivity contribution >= 4 is 43.0 Å². The fourth-order valence-electron chi connectivity index (χ4n) is 1.41. The van der Waals surface area contributed by atoms with Crippen LogP contribution in [0.5, 0.6) is 0 Å². The van der Waals surface area contributed by atoms with Crippen molar-refractivity contribution in [1.82, 2.24) is 0 Å². The summed E-state index contributed by atoms with van der Waals surface area (Å²) < 4.78 is 1.08. The number of halogens is 1. The van der Waals surface area contributed by atoms with Gasteiger partial charge in [0.25, 0.3) is 0 Å². The summed E-state index contributed by atoms with van der Waals surface area (Å²) in [7, 11) is 0. The van der Waals surface area contributed by atoms with Crippen LogP contribution in [0.2, 0.25) is 0 Å². The second-order valence-corrected chi connectivity index (χ2v) is 4.56. The Morgan fingerprint density at radius 3 is 2.93 bits per heavy atom. The zero-order valence-corrected chi connectivity index (χ0v) is 9.65. The molecule has 0 aliphatic heterocycles. The molecule has 0 saturated carbocycles. The van der Waals surface area contributed by atoms with Crippen LogP contribution in [0.1, 0.15) is 10.4 Å². The lowest BCUT2D eigenvalue weighted by Gasteiger charge is -1.95. The van der Waals surface area contributed by atoms with Crippen molar-refractivity contribution in [2.75, 3.05) is 5.73 Å². The van der Waals surface area contributed by atoms with Gasteiger partial charge in [0.15, 0.2) is 0 Å². The van der Waals surface area contributed by atoms with Crippen molar-refractivity contribution in [2.45, 2.75) is 5.33 Å². The Bertz CT molecular complexity index is 525.